The minimum atomic E-state index is -2.15. The van der Waals surface area contributed by atoms with E-state index in [9.17, 15) is 8.69 Å². The van der Waals surface area contributed by atoms with Crippen LogP contribution in [0.15, 0.2) is 30.3 Å². The number of nitrogens with zero attached hydrogens (tertiary/aromatic N) is 1. The lowest BCUT2D eigenvalue weighted by Gasteiger charge is -2.10. The van der Waals surface area contributed by atoms with Gasteiger partial charge in [0.2, 0.25) is 0 Å². The van der Waals surface area contributed by atoms with E-state index in [1.807, 2.05) is 0 Å². The van der Waals surface area contributed by atoms with Gasteiger partial charge in [-0.2, -0.15) is 5.12 Å². The van der Waals surface area contributed by atoms with E-state index in [0.29, 0.717) is 0 Å². The van der Waals surface area contributed by atoms with Crippen molar-refractivity contribution in [2.75, 3.05) is 11.0 Å². The Morgan fingerprint density at radius 1 is 1.42 bits per heavy atom. The van der Waals surface area contributed by atoms with Crippen LogP contribution in [0.4, 0.5) is 10.2 Å². The van der Waals surface area contributed by atoms with E-state index >= 15 is 0 Å². The molecule has 0 bridgehead atoms. The van der Waals surface area contributed by atoms with E-state index < -0.39 is 17.0 Å². The van der Waals surface area contributed by atoms with Gasteiger partial charge in [-0.15, -0.1) is 0 Å². The summed E-state index contributed by atoms with van der Waals surface area (Å²) < 4.78 is 31.5. The summed E-state index contributed by atoms with van der Waals surface area (Å²) in [5.41, 5.74) is 0.278. The smallest absolute Gasteiger partial charge is 0.175 e. The molecule has 1 aromatic rings. The number of anilines is 1. The van der Waals surface area contributed by atoms with Gasteiger partial charge in [0.1, 0.15) is 0 Å². The normalized spacial score (nSPS) is 12.5. The van der Waals surface area contributed by atoms with Crippen molar-refractivity contribution in [2.24, 2.45) is 0 Å². The van der Waals surface area contributed by atoms with Gasteiger partial charge < -0.3 is 4.55 Å². The first-order chi connectivity index (χ1) is 5.70. The molecule has 3 nitrogen and oxygen atoms in total. The molecule has 1 rings (SSSR count). The summed E-state index contributed by atoms with van der Waals surface area (Å²) in [6.45, 7) is 0. The van der Waals surface area contributed by atoms with Gasteiger partial charge in [0.05, 0.1) is 5.69 Å². The van der Waals surface area contributed by atoms with E-state index in [4.69, 9.17) is 4.55 Å². The zero-order chi connectivity index (χ0) is 8.97. The fourth-order valence-corrected chi connectivity index (χ4v) is 1.10. The number of rotatable bonds is 3. The molecule has 12 heavy (non-hydrogen) atoms. The van der Waals surface area contributed by atoms with Crippen molar-refractivity contribution < 1.29 is 13.2 Å². The van der Waals surface area contributed by atoms with E-state index in [2.05, 4.69) is 0 Å². The highest BCUT2D eigenvalue weighted by atomic mass is 32.2. The molecule has 1 atom stereocenters. The highest BCUT2D eigenvalue weighted by Gasteiger charge is 2.06. The van der Waals surface area contributed by atoms with Crippen molar-refractivity contribution in [2.45, 2.75) is 0 Å². The molecule has 0 spiro atoms. The van der Waals surface area contributed by atoms with Crippen LogP contribution >= 0.6 is 0 Å². The van der Waals surface area contributed by atoms with E-state index in [0.717, 1.165) is 0 Å². The highest BCUT2D eigenvalue weighted by Crippen LogP contribution is 2.12. The summed E-state index contributed by atoms with van der Waals surface area (Å²) in [6, 6.07) is 8.09. The summed E-state index contributed by atoms with van der Waals surface area (Å²) >= 11 is -2.15. The fourth-order valence-electron chi connectivity index (χ4n) is 0.761. The lowest BCUT2D eigenvalue weighted by molar-refractivity contribution is 0.454. The van der Waals surface area contributed by atoms with E-state index in [1.165, 1.54) is 12.1 Å². The molecular weight excluding hydrogens is 181 g/mol. The molecule has 1 aromatic carbocycles. The molecule has 1 N–H and O–H groups in total. The molecule has 0 saturated carbocycles. The van der Waals surface area contributed by atoms with Crippen LogP contribution in [-0.2, 0) is 11.1 Å². The molecule has 0 aliphatic heterocycles. The van der Waals surface area contributed by atoms with Crippen molar-refractivity contribution >= 4 is 16.8 Å². The molecule has 5 heteroatoms. The van der Waals surface area contributed by atoms with Crippen LogP contribution in [0.25, 0.3) is 0 Å². The zero-order valence-electron chi connectivity index (χ0n) is 6.18. The van der Waals surface area contributed by atoms with Crippen LogP contribution in [0.1, 0.15) is 0 Å². The lowest BCUT2D eigenvalue weighted by Crippen LogP contribution is -2.16. The lowest BCUT2D eigenvalue weighted by atomic mass is 10.3. The van der Waals surface area contributed by atoms with Crippen LogP contribution in [-0.4, -0.2) is 14.6 Å². The summed E-state index contributed by atoms with van der Waals surface area (Å²) in [5.74, 6) is -0.524. The fraction of sp³-hybridized carbons (Fsp3) is 0.143. The molecule has 0 radical (unpaired) electrons. The van der Waals surface area contributed by atoms with Crippen molar-refractivity contribution in [1.29, 1.82) is 0 Å². The summed E-state index contributed by atoms with van der Waals surface area (Å²) in [6.07, 6.45) is 0. The van der Waals surface area contributed by atoms with Crippen molar-refractivity contribution in [3.8, 4) is 0 Å². The van der Waals surface area contributed by atoms with E-state index in [-0.39, 0.29) is 10.8 Å². The summed E-state index contributed by atoms with van der Waals surface area (Å²) in [4.78, 5) is 0. The second kappa shape index (κ2) is 4.18. The molecule has 1 unspecified atom stereocenters. The van der Waals surface area contributed by atoms with Crippen LogP contribution < -0.4 is 5.12 Å². The van der Waals surface area contributed by atoms with E-state index in [1.54, 1.807) is 18.2 Å². The van der Waals surface area contributed by atoms with Gasteiger partial charge >= 0.3 is 0 Å². The Morgan fingerprint density at radius 2 is 2.00 bits per heavy atom. The maximum Gasteiger partial charge on any atom is 0.175 e. The third kappa shape index (κ3) is 2.60. The second-order valence-corrected chi connectivity index (χ2v) is 3.05. The van der Waals surface area contributed by atoms with Crippen molar-refractivity contribution in [3.63, 3.8) is 0 Å². The Bertz CT molecular complexity index is 267. The predicted octanol–water partition coefficient (Wildman–Crippen LogP) is 1.56. The molecule has 0 saturated heterocycles. The molecular formula is C7H8FNO2S. The Labute approximate surface area is 72.0 Å². The molecule has 0 aromatic heterocycles. The number of para-hydroxylation sites is 1. The number of halogens is 1. The summed E-state index contributed by atoms with van der Waals surface area (Å²) in [7, 11) is 0. The molecule has 0 heterocycles. The maximum absolute atomic E-state index is 12.9. The monoisotopic (exact) mass is 189 g/mol. The first-order valence-electron chi connectivity index (χ1n) is 3.26. The van der Waals surface area contributed by atoms with Crippen LogP contribution in [0, 0.1) is 0 Å². The number of hydrogen-bond donors (Lipinski definition) is 1. The van der Waals surface area contributed by atoms with Crippen LogP contribution in [0.5, 0.6) is 0 Å². The van der Waals surface area contributed by atoms with Gasteiger partial charge in [0.15, 0.2) is 17.0 Å². The minimum Gasteiger partial charge on any atom is -0.305 e. The third-order valence-electron chi connectivity index (χ3n) is 1.26. The van der Waals surface area contributed by atoms with Crippen molar-refractivity contribution in [3.05, 3.63) is 30.3 Å². The first-order valence-corrected chi connectivity index (χ1v) is 4.53. The van der Waals surface area contributed by atoms with Gasteiger partial charge in [-0.25, -0.2) is 4.21 Å². The molecule has 66 valence electrons. The minimum absolute atomic E-state index is 0.232. The largest absolute Gasteiger partial charge is 0.305 e. The molecule has 0 amide bonds. The SMILES string of the molecule is O=S(O)CN(F)c1ccccc1. The number of hydrogen-bond acceptors (Lipinski definition) is 2. The Balaban J connectivity index is 2.65. The Hall–Kier alpha value is -0.940. The predicted molar refractivity (Wildman–Crippen MR) is 45.7 cm³/mol. The van der Waals surface area contributed by atoms with Gasteiger partial charge in [0.25, 0.3) is 0 Å². The molecule has 0 fully saturated rings. The Morgan fingerprint density at radius 3 is 2.50 bits per heavy atom. The second-order valence-electron chi connectivity index (χ2n) is 2.15. The maximum atomic E-state index is 12.9. The van der Waals surface area contributed by atoms with Crippen LogP contribution in [0.3, 0.4) is 0 Å². The third-order valence-corrected chi connectivity index (χ3v) is 1.71. The van der Waals surface area contributed by atoms with Gasteiger partial charge in [-0.1, -0.05) is 22.7 Å². The topological polar surface area (TPSA) is 40.5 Å². The van der Waals surface area contributed by atoms with Crippen LogP contribution in [0.2, 0.25) is 0 Å². The Kier molecular flexibility index (Phi) is 3.19. The average Bonchev–Trinajstić information content (AvgIpc) is 2.05. The van der Waals surface area contributed by atoms with Gasteiger partial charge in [0, 0.05) is 0 Å². The number of benzene rings is 1. The van der Waals surface area contributed by atoms with Crippen molar-refractivity contribution in [1.82, 2.24) is 0 Å². The summed E-state index contributed by atoms with van der Waals surface area (Å²) in [5, 5.41) is 0.232. The quantitative estimate of drug-likeness (QED) is 0.579. The zero-order valence-corrected chi connectivity index (χ0v) is 7.00. The average molecular weight is 189 g/mol. The van der Waals surface area contributed by atoms with Gasteiger partial charge in [-0.3, -0.25) is 0 Å². The first kappa shape index (κ1) is 9.15. The highest BCUT2D eigenvalue weighted by molar-refractivity contribution is 7.79. The molecule has 0 aliphatic rings. The molecule has 0 aliphatic carbocycles. The van der Waals surface area contributed by atoms with Gasteiger partial charge in [-0.05, 0) is 12.1 Å². The standard InChI is InChI=1S/C7H8FNO2S/c8-9(6-12(10)11)7-4-2-1-3-5-7/h1-5H,6H2,(H,10,11).